The first kappa shape index (κ1) is 27.1. The number of hydrogen-bond donors (Lipinski definition) is 0. The molecule has 0 aliphatic rings. The van der Waals surface area contributed by atoms with Crippen LogP contribution < -0.4 is 15.9 Å². The third-order valence-corrected chi connectivity index (χ3v) is 16.7. The van der Waals surface area contributed by atoms with E-state index < -0.39 is 5.51 Å². The van der Waals surface area contributed by atoms with Gasteiger partial charge in [-0.25, -0.2) is 0 Å². The van der Waals surface area contributed by atoms with Gasteiger partial charge in [0.05, 0.1) is 0 Å². The minimum atomic E-state index is -2.32. The molecule has 0 radical (unpaired) electrons. The van der Waals surface area contributed by atoms with Crippen molar-refractivity contribution in [3.63, 3.8) is 0 Å². The Labute approximate surface area is 279 Å². The van der Waals surface area contributed by atoms with Crippen LogP contribution in [0.2, 0.25) is 0 Å². The van der Waals surface area contributed by atoms with Crippen LogP contribution >= 0.6 is 5.51 Å². The molecule has 10 rings (SSSR count). The van der Waals surface area contributed by atoms with Crippen molar-refractivity contribution in [1.29, 1.82) is 0 Å². The van der Waals surface area contributed by atoms with Crippen LogP contribution in [-0.4, -0.2) is 24.5 Å². The van der Waals surface area contributed by atoms with Gasteiger partial charge < -0.3 is 0 Å². The molecule has 47 heavy (non-hydrogen) atoms. The van der Waals surface area contributed by atoms with E-state index in [9.17, 15) is 0 Å². The molecule has 220 valence electrons. The molecule has 2 nitrogen and oxygen atoms in total. The van der Waals surface area contributed by atoms with E-state index in [1.54, 1.807) is 0 Å². The van der Waals surface area contributed by atoms with Crippen LogP contribution in [-0.2, 0) is 0 Å². The van der Waals surface area contributed by atoms with Crippen LogP contribution in [0, 0.1) is 0 Å². The van der Waals surface area contributed by atoms with Gasteiger partial charge in [0.2, 0.25) is 0 Å². The first-order valence-electron chi connectivity index (χ1n) is 15.9. The first-order valence-corrected chi connectivity index (χ1v) is 19.9. The molecule has 1 unspecified atom stereocenters. The zero-order valence-electron chi connectivity index (χ0n) is 25.3. The van der Waals surface area contributed by atoms with Crippen LogP contribution in [0.25, 0.3) is 70.7 Å². The predicted molar refractivity (Wildman–Crippen MR) is 205 cm³/mol. The quantitative estimate of drug-likeness (QED) is 0.103. The Bertz CT molecular complexity index is 2960. The number of imidazole rings is 1. The van der Waals surface area contributed by atoms with E-state index in [0.29, 0.717) is 0 Å². The minimum absolute atomic E-state index is 0.997. The van der Waals surface area contributed by atoms with Gasteiger partial charge in [0.15, 0.2) is 0 Å². The van der Waals surface area contributed by atoms with Gasteiger partial charge in [-0.05, 0) is 0 Å². The van der Waals surface area contributed by atoms with Crippen molar-refractivity contribution in [2.45, 2.75) is 0 Å². The van der Waals surface area contributed by atoms with E-state index in [4.69, 9.17) is 4.98 Å². The Morgan fingerprint density at radius 2 is 1.00 bits per heavy atom. The van der Waals surface area contributed by atoms with Crippen LogP contribution in [0.4, 0.5) is 0 Å². The summed E-state index contributed by atoms with van der Waals surface area (Å²) in [4.78, 5) is 5.55. The molecule has 0 amide bonds. The fraction of sp³-hybridized carbons (Fsp3) is 0. The molecule has 1 atom stereocenters. The average molecular weight is 682 g/mol. The van der Waals surface area contributed by atoms with Crippen LogP contribution in [0.1, 0.15) is 0 Å². The molecule has 0 aliphatic carbocycles. The van der Waals surface area contributed by atoms with Crippen molar-refractivity contribution >= 4 is 107 Å². The number of rotatable bonds is 3. The topological polar surface area (TPSA) is 17.3 Å². The summed E-state index contributed by atoms with van der Waals surface area (Å²) in [5.41, 5.74) is 2.03. The van der Waals surface area contributed by atoms with E-state index in [1.807, 2.05) is 0 Å². The molecule has 2 aromatic heterocycles. The number of pyridine rings is 1. The molecule has 0 N–H and O–H groups in total. The molecule has 0 saturated heterocycles. The van der Waals surface area contributed by atoms with E-state index in [2.05, 4.69) is 183 Å². The number of fused-ring (bicyclic) bond motifs is 12. The van der Waals surface area contributed by atoms with Gasteiger partial charge in [-0.3, -0.25) is 0 Å². The second-order valence-electron chi connectivity index (χ2n) is 12.3. The van der Waals surface area contributed by atoms with Gasteiger partial charge in [0.25, 0.3) is 0 Å². The Morgan fingerprint density at radius 3 is 1.85 bits per heavy atom. The number of aromatic nitrogens is 2. The maximum atomic E-state index is 5.55. The van der Waals surface area contributed by atoms with Crippen molar-refractivity contribution in [3.8, 4) is 0 Å². The van der Waals surface area contributed by atoms with Gasteiger partial charge in [0, 0.05) is 0 Å². The van der Waals surface area contributed by atoms with Crippen LogP contribution in [0.5, 0.6) is 0 Å². The molecule has 2 heterocycles. The van der Waals surface area contributed by atoms with Gasteiger partial charge >= 0.3 is 280 Å². The maximum absolute atomic E-state index is 5.55. The van der Waals surface area contributed by atoms with E-state index in [1.165, 1.54) is 69.9 Å². The molecule has 8 aromatic carbocycles. The SMILES string of the molecule is [Se]=P(c1ccc2ccccc2c1)(c1ccc2c(ccc3ccccc32)c1)c1cccc2c1nc1c3ccccc3c3ccccc3n21. The van der Waals surface area contributed by atoms with E-state index in [0.717, 1.165) is 16.7 Å². The summed E-state index contributed by atoms with van der Waals surface area (Å²) in [6, 6.07) is 60.1. The third kappa shape index (κ3) is 3.92. The molecule has 0 aliphatic heterocycles. The monoisotopic (exact) mass is 682 g/mol. The summed E-state index contributed by atoms with van der Waals surface area (Å²) in [5, 5.41) is 15.1. The Balaban J connectivity index is 1.33. The molecule has 0 spiro atoms. The second-order valence-corrected chi connectivity index (χ2v) is 18.5. The van der Waals surface area contributed by atoms with Crippen molar-refractivity contribution < 1.29 is 0 Å². The van der Waals surface area contributed by atoms with E-state index in [-0.39, 0.29) is 0 Å². The molecule has 4 heteroatoms. The summed E-state index contributed by atoms with van der Waals surface area (Å²) in [6.07, 6.45) is 0. The standard InChI is InChI=1S/C43H27N2PSe/c47-46(32-23-22-28-10-1-2-12-30(28)26-32,33-24-25-35-31(27-33)21-20-29-11-3-4-13-34(29)35)41-19-9-18-40-42(41)44-43-38-16-6-5-14-36(38)37-15-7-8-17-39(37)45(40)43/h1-27H. The first-order chi connectivity index (χ1) is 23.2. The Hall–Kier alpha value is -5.04. The van der Waals surface area contributed by atoms with Crippen LogP contribution in [0.3, 0.4) is 0 Å². The Kier molecular flexibility index (Phi) is 5.90. The molecule has 10 aromatic rings. The summed E-state index contributed by atoms with van der Waals surface area (Å²) in [6.45, 7) is 0. The average Bonchev–Trinajstić information content (AvgIpc) is 3.54. The number of nitrogens with zero attached hydrogens (tertiary/aromatic N) is 2. The third-order valence-electron chi connectivity index (χ3n) is 9.80. The number of benzene rings is 8. The zero-order valence-corrected chi connectivity index (χ0v) is 27.9. The van der Waals surface area contributed by atoms with Crippen molar-refractivity contribution in [3.05, 3.63) is 164 Å². The van der Waals surface area contributed by atoms with Crippen molar-refractivity contribution in [2.75, 3.05) is 0 Å². The molecule has 0 fully saturated rings. The van der Waals surface area contributed by atoms with Crippen molar-refractivity contribution in [1.82, 2.24) is 9.38 Å². The van der Waals surface area contributed by atoms with Gasteiger partial charge in [-0.1, -0.05) is 0 Å². The molecular formula is C43H27N2PSe. The van der Waals surface area contributed by atoms with E-state index >= 15 is 0 Å². The number of para-hydroxylation sites is 2. The van der Waals surface area contributed by atoms with Crippen molar-refractivity contribution in [2.24, 2.45) is 0 Å². The zero-order chi connectivity index (χ0) is 31.1. The molecule has 0 saturated carbocycles. The number of hydrogen-bond acceptors (Lipinski definition) is 1. The van der Waals surface area contributed by atoms with Gasteiger partial charge in [0.1, 0.15) is 0 Å². The summed E-state index contributed by atoms with van der Waals surface area (Å²) < 4.78 is 2.37. The Morgan fingerprint density at radius 1 is 0.426 bits per heavy atom. The molecule has 0 bridgehead atoms. The molecular weight excluding hydrogens is 654 g/mol. The van der Waals surface area contributed by atoms with Gasteiger partial charge in [-0.2, -0.15) is 0 Å². The fourth-order valence-corrected chi connectivity index (χ4v) is 12.7. The van der Waals surface area contributed by atoms with Gasteiger partial charge in [-0.15, -0.1) is 0 Å². The van der Waals surface area contributed by atoms with Crippen LogP contribution in [0.15, 0.2) is 164 Å². The summed E-state index contributed by atoms with van der Waals surface area (Å²) in [7, 11) is 0. The fourth-order valence-electron chi connectivity index (χ4n) is 7.57. The summed E-state index contributed by atoms with van der Waals surface area (Å²) in [5.74, 6) is 0. The normalized spacial score (nSPS) is 13.4. The summed E-state index contributed by atoms with van der Waals surface area (Å²) >= 11 is 3.88. The second kappa shape index (κ2) is 10.2. The predicted octanol–water partition coefficient (Wildman–Crippen LogP) is 9.63.